The van der Waals surface area contributed by atoms with Crippen LogP contribution in [0.25, 0.3) is 0 Å². The van der Waals surface area contributed by atoms with E-state index in [1.165, 1.54) is 19.3 Å². The average molecular weight is 423 g/mol. The highest BCUT2D eigenvalue weighted by atomic mass is 16.6. The van der Waals surface area contributed by atoms with E-state index in [0.29, 0.717) is 32.1 Å². The van der Waals surface area contributed by atoms with Crippen LogP contribution in [0.3, 0.4) is 0 Å². The van der Waals surface area contributed by atoms with Crippen LogP contribution >= 0.6 is 0 Å². The van der Waals surface area contributed by atoms with Gasteiger partial charge in [-0.15, -0.1) is 0 Å². The summed E-state index contributed by atoms with van der Waals surface area (Å²) >= 11 is 0. The third-order valence-electron chi connectivity index (χ3n) is 6.24. The molecule has 8 heteroatoms. The Kier molecular flexibility index (Phi) is 7.47. The van der Waals surface area contributed by atoms with Crippen LogP contribution in [-0.4, -0.2) is 71.2 Å². The van der Waals surface area contributed by atoms with E-state index in [1.807, 2.05) is 25.7 Å². The van der Waals surface area contributed by atoms with Gasteiger partial charge in [0, 0.05) is 31.7 Å². The summed E-state index contributed by atoms with van der Waals surface area (Å²) in [6.07, 6.45) is 8.33. The van der Waals surface area contributed by atoms with Crippen LogP contribution in [0.1, 0.15) is 78.6 Å². The predicted molar refractivity (Wildman–Crippen MR) is 114 cm³/mol. The number of hydrogen-bond acceptors (Lipinski definition) is 4. The smallest absolute Gasteiger partial charge is 0.410 e. The molecule has 1 saturated carbocycles. The van der Waals surface area contributed by atoms with Gasteiger partial charge in [0.2, 0.25) is 5.91 Å². The molecule has 2 saturated heterocycles. The molecule has 0 aromatic carbocycles. The molecule has 3 aliphatic rings. The molecule has 0 aromatic heterocycles. The standard InChI is InChI=1S/C22H38N4O4/c1-22(2,3)30-21(29)26-13-7-10-18(26)19(27)23-17-11-14-25(15-12-17)20(28)24-16-8-5-4-6-9-16/h16-18H,4-15H2,1-3H3,(H,23,27)(H,24,28). The van der Waals surface area contributed by atoms with Crippen LogP contribution in [0, 0.1) is 0 Å². The molecule has 0 bridgehead atoms. The first kappa shape index (κ1) is 22.7. The summed E-state index contributed by atoms with van der Waals surface area (Å²) < 4.78 is 5.45. The summed E-state index contributed by atoms with van der Waals surface area (Å²) in [6.45, 7) is 7.32. The van der Waals surface area contributed by atoms with Gasteiger partial charge in [-0.1, -0.05) is 19.3 Å². The molecule has 0 aromatic rings. The molecule has 30 heavy (non-hydrogen) atoms. The molecule has 2 N–H and O–H groups in total. The molecule has 4 amide bonds. The number of nitrogens with one attached hydrogen (secondary N) is 2. The predicted octanol–water partition coefficient (Wildman–Crippen LogP) is 3.01. The van der Waals surface area contributed by atoms with E-state index in [2.05, 4.69) is 10.6 Å². The number of urea groups is 1. The van der Waals surface area contributed by atoms with Gasteiger partial charge in [-0.3, -0.25) is 9.69 Å². The molecule has 3 rings (SSSR count). The highest BCUT2D eigenvalue weighted by Crippen LogP contribution is 2.22. The number of amides is 4. The summed E-state index contributed by atoms with van der Waals surface area (Å²) in [7, 11) is 0. The molecule has 2 aliphatic heterocycles. The minimum absolute atomic E-state index is 0.0265. The molecule has 1 atom stereocenters. The van der Waals surface area contributed by atoms with Crippen molar-refractivity contribution >= 4 is 18.0 Å². The molecule has 0 radical (unpaired) electrons. The minimum Gasteiger partial charge on any atom is -0.444 e. The van der Waals surface area contributed by atoms with E-state index in [0.717, 1.165) is 32.1 Å². The van der Waals surface area contributed by atoms with Crippen LogP contribution < -0.4 is 10.6 Å². The maximum absolute atomic E-state index is 12.8. The van der Waals surface area contributed by atoms with E-state index < -0.39 is 17.7 Å². The van der Waals surface area contributed by atoms with E-state index in [-0.39, 0.29) is 18.0 Å². The summed E-state index contributed by atoms with van der Waals surface area (Å²) in [5, 5.41) is 6.27. The molecule has 8 nitrogen and oxygen atoms in total. The van der Waals surface area contributed by atoms with Gasteiger partial charge in [-0.2, -0.15) is 0 Å². The maximum atomic E-state index is 12.8. The van der Waals surface area contributed by atoms with E-state index >= 15 is 0 Å². The van der Waals surface area contributed by atoms with E-state index in [4.69, 9.17) is 4.74 Å². The molecule has 0 spiro atoms. The monoisotopic (exact) mass is 422 g/mol. The zero-order valence-electron chi connectivity index (χ0n) is 18.7. The normalized spacial score (nSPS) is 23.9. The fourth-order valence-electron chi connectivity index (χ4n) is 4.62. The summed E-state index contributed by atoms with van der Waals surface area (Å²) in [5.74, 6) is -0.108. The van der Waals surface area contributed by atoms with Crippen molar-refractivity contribution in [2.45, 2.75) is 102 Å². The molecular formula is C22H38N4O4. The summed E-state index contributed by atoms with van der Waals surface area (Å²) in [5.41, 5.74) is -0.578. The molecule has 1 aliphatic carbocycles. The first-order valence-electron chi connectivity index (χ1n) is 11.6. The van der Waals surface area contributed by atoms with Crippen molar-refractivity contribution in [3.63, 3.8) is 0 Å². The Balaban J connectivity index is 1.43. The zero-order chi connectivity index (χ0) is 21.7. The molecule has 1 unspecified atom stereocenters. The van der Waals surface area contributed by atoms with Crippen LogP contribution in [0.2, 0.25) is 0 Å². The SMILES string of the molecule is CC(C)(C)OC(=O)N1CCCC1C(=O)NC1CCN(C(=O)NC2CCCCC2)CC1. The van der Waals surface area contributed by atoms with Crippen LogP contribution in [-0.2, 0) is 9.53 Å². The fourth-order valence-corrected chi connectivity index (χ4v) is 4.62. The van der Waals surface area contributed by atoms with Crippen molar-refractivity contribution in [1.82, 2.24) is 20.4 Å². The number of nitrogens with zero attached hydrogens (tertiary/aromatic N) is 2. The Hall–Kier alpha value is -1.99. The fraction of sp³-hybridized carbons (Fsp3) is 0.864. The van der Waals surface area contributed by atoms with Gasteiger partial charge < -0.3 is 20.3 Å². The Labute approximate surface area is 180 Å². The van der Waals surface area contributed by atoms with Gasteiger partial charge in [-0.25, -0.2) is 9.59 Å². The lowest BCUT2D eigenvalue weighted by atomic mass is 9.95. The Morgan fingerprint density at radius 1 is 0.800 bits per heavy atom. The summed E-state index contributed by atoms with van der Waals surface area (Å²) in [4.78, 5) is 41.2. The van der Waals surface area contributed by atoms with Gasteiger partial charge in [0.1, 0.15) is 11.6 Å². The van der Waals surface area contributed by atoms with Gasteiger partial charge in [0.15, 0.2) is 0 Å². The lowest BCUT2D eigenvalue weighted by molar-refractivity contribution is -0.126. The van der Waals surface area contributed by atoms with Crippen LogP contribution in [0.5, 0.6) is 0 Å². The highest BCUT2D eigenvalue weighted by molar-refractivity contribution is 5.86. The van der Waals surface area contributed by atoms with Gasteiger partial charge in [-0.05, 0) is 59.3 Å². The van der Waals surface area contributed by atoms with Crippen molar-refractivity contribution in [2.24, 2.45) is 0 Å². The zero-order valence-corrected chi connectivity index (χ0v) is 18.7. The Morgan fingerprint density at radius 3 is 2.07 bits per heavy atom. The van der Waals surface area contributed by atoms with Gasteiger partial charge >= 0.3 is 12.1 Å². The summed E-state index contributed by atoms with van der Waals surface area (Å²) in [6, 6.07) is -0.0896. The maximum Gasteiger partial charge on any atom is 0.410 e. The second-order valence-corrected chi connectivity index (χ2v) is 9.89. The minimum atomic E-state index is -0.578. The number of carbonyl (C=O) groups excluding carboxylic acids is 3. The number of hydrogen-bond donors (Lipinski definition) is 2. The van der Waals surface area contributed by atoms with Crippen molar-refractivity contribution < 1.29 is 19.1 Å². The Bertz CT molecular complexity index is 619. The number of ether oxygens (including phenoxy) is 1. The van der Waals surface area contributed by atoms with Crippen LogP contribution in [0.15, 0.2) is 0 Å². The van der Waals surface area contributed by atoms with Crippen LogP contribution in [0.4, 0.5) is 9.59 Å². The average Bonchev–Trinajstić information content (AvgIpc) is 3.18. The van der Waals surface area contributed by atoms with Crippen molar-refractivity contribution in [3.8, 4) is 0 Å². The number of likely N-dealkylation sites (tertiary alicyclic amines) is 2. The van der Waals surface area contributed by atoms with Gasteiger partial charge in [0.05, 0.1) is 0 Å². The number of piperidine rings is 1. The van der Waals surface area contributed by atoms with E-state index in [9.17, 15) is 14.4 Å². The van der Waals surface area contributed by atoms with Crippen molar-refractivity contribution in [1.29, 1.82) is 0 Å². The molecular weight excluding hydrogens is 384 g/mol. The molecule has 170 valence electrons. The van der Waals surface area contributed by atoms with Gasteiger partial charge in [0.25, 0.3) is 0 Å². The second-order valence-electron chi connectivity index (χ2n) is 9.89. The largest absolute Gasteiger partial charge is 0.444 e. The second kappa shape index (κ2) is 9.88. The number of rotatable bonds is 3. The Morgan fingerprint density at radius 2 is 1.43 bits per heavy atom. The van der Waals surface area contributed by atoms with Crippen molar-refractivity contribution in [3.05, 3.63) is 0 Å². The van der Waals surface area contributed by atoms with E-state index in [1.54, 1.807) is 4.90 Å². The first-order chi connectivity index (χ1) is 14.2. The lowest BCUT2D eigenvalue weighted by Gasteiger charge is -2.35. The highest BCUT2D eigenvalue weighted by Gasteiger charge is 2.37. The van der Waals surface area contributed by atoms with Crippen molar-refractivity contribution in [2.75, 3.05) is 19.6 Å². The topological polar surface area (TPSA) is 91.0 Å². The first-order valence-corrected chi connectivity index (χ1v) is 11.6. The molecule has 3 fully saturated rings. The number of carbonyl (C=O) groups is 3. The third kappa shape index (κ3) is 6.25. The quantitative estimate of drug-likeness (QED) is 0.731. The molecule has 2 heterocycles. The third-order valence-corrected chi connectivity index (χ3v) is 6.24. The lowest BCUT2D eigenvalue weighted by Crippen LogP contribution is -2.54.